The maximum atomic E-state index is 12.3. The van der Waals surface area contributed by atoms with E-state index in [1.54, 1.807) is 47.5 Å². The summed E-state index contributed by atoms with van der Waals surface area (Å²) in [7, 11) is -1.72. The Morgan fingerprint density at radius 2 is 1.88 bits per heavy atom. The van der Waals surface area contributed by atoms with Gasteiger partial charge in [-0.2, -0.15) is 5.10 Å². The zero-order valence-electron chi connectivity index (χ0n) is 12.8. The summed E-state index contributed by atoms with van der Waals surface area (Å²) in [5.41, 5.74) is 2.60. The van der Waals surface area contributed by atoms with Crippen molar-refractivity contribution in [2.45, 2.75) is 11.4 Å². The molecule has 2 aromatic heterocycles. The SMILES string of the molecule is Cn1cc(-c2cncc(CNS(=O)(=O)c3ccc(Br)cc3)c2)cn1. The summed E-state index contributed by atoms with van der Waals surface area (Å²) in [5.74, 6) is 0. The number of aryl methyl sites for hydroxylation is 1. The predicted molar refractivity (Wildman–Crippen MR) is 94.6 cm³/mol. The minimum atomic E-state index is -3.56. The van der Waals surface area contributed by atoms with E-state index in [0.717, 1.165) is 21.2 Å². The van der Waals surface area contributed by atoms with Crippen LogP contribution in [0.1, 0.15) is 5.56 Å². The van der Waals surface area contributed by atoms with Crippen molar-refractivity contribution >= 4 is 26.0 Å². The van der Waals surface area contributed by atoms with Crippen molar-refractivity contribution in [3.63, 3.8) is 0 Å². The zero-order valence-corrected chi connectivity index (χ0v) is 15.3. The number of rotatable bonds is 5. The molecule has 6 nitrogen and oxygen atoms in total. The summed E-state index contributed by atoms with van der Waals surface area (Å²) in [4.78, 5) is 4.40. The Kier molecular flexibility index (Phi) is 4.79. The third-order valence-corrected chi connectivity index (χ3v) is 5.37. The Labute approximate surface area is 148 Å². The van der Waals surface area contributed by atoms with Crippen molar-refractivity contribution < 1.29 is 8.42 Å². The van der Waals surface area contributed by atoms with Crippen LogP contribution in [0.4, 0.5) is 0 Å². The lowest BCUT2D eigenvalue weighted by atomic mass is 10.1. The van der Waals surface area contributed by atoms with Gasteiger partial charge in [-0.3, -0.25) is 9.67 Å². The monoisotopic (exact) mass is 406 g/mol. The van der Waals surface area contributed by atoms with Crippen molar-refractivity contribution in [2.75, 3.05) is 0 Å². The first kappa shape index (κ1) is 16.8. The van der Waals surface area contributed by atoms with Crippen molar-refractivity contribution in [1.29, 1.82) is 0 Å². The van der Waals surface area contributed by atoms with E-state index in [0.29, 0.717) is 0 Å². The van der Waals surface area contributed by atoms with Crippen molar-refractivity contribution in [1.82, 2.24) is 19.5 Å². The van der Waals surface area contributed by atoms with Crippen LogP contribution in [-0.2, 0) is 23.6 Å². The molecule has 3 aromatic rings. The number of aromatic nitrogens is 3. The number of sulfonamides is 1. The van der Waals surface area contributed by atoms with Crippen LogP contribution in [0.3, 0.4) is 0 Å². The summed E-state index contributed by atoms with van der Waals surface area (Å²) in [6.45, 7) is 0.166. The molecule has 3 rings (SSSR count). The molecule has 1 N–H and O–H groups in total. The molecule has 124 valence electrons. The topological polar surface area (TPSA) is 76.9 Å². The minimum absolute atomic E-state index is 0.166. The van der Waals surface area contributed by atoms with E-state index < -0.39 is 10.0 Å². The molecule has 0 saturated heterocycles. The molecular weight excluding hydrogens is 392 g/mol. The van der Waals surface area contributed by atoms with E-state index >= 15 is 0 Å². The van der Waals surface area contributed by atoms with Crippen LogP contribution in [0.15, 0.2) is 64.5 Å². The molecule has 1 aromatic carbocycles. The van der Waals surface area contributed by atoms with Gasteiger partial charge in [0.15, 0.2) is 0 Å². The van der Waals surface area contributed by atoms with Gasteiger partial charge in [0, 0.05) is 47.8 Å². The number of halogens is 1. The Hall–Kier alpha value is -2.03. The molecule has 24 heavy (non-hydrogen) atoms. The number of hydrogen-bond donors (Lipinski definition) is 1. The van der Waals surface area contributed by atoms with Gasteiger partial charge in [0.25, 0.3) is 0 Å². The molecule has 0 atom stereocenters. The van der Waals surface area contributed by atoms with E-state index in [2.05, 4.69) is 30.7 Å². The molecule has 0 fully saturated rings. The zero-order chi connectivity index (χ0) is 17.2. The first-order valence-electron chi connectivity index (χ1n) is 7.12. The van der Waals surface area contributed by atoms with E-state index in [1.807, 2.05) is 19.3 Å². The molecule has 0 unspecified atom stereocenters. The Balaban J connectivity index is 1.76. The van der Waals surface area contributed by atoms with Crippen LogP contribution < -0.4 is 4.72 Å². The number of pyridine rings is 1. The molecule has 0 amide bonds. The fourth-order valence-electron chi connectivity index (χ4n) is 2.19. The van der Waals surface area contributed by atoms with E-state index in [9.17, 15) is 8.42 Å². The average molecular weight is 407 g/mol. The summed E-state index contributed by atoms with van der Waals surface area (Å²) < 4.78 is 29.8. The van der Waals surface area contributed by atoms with Crippen molar-refractivity contribution in [3.05, 3.63) is 65.2 Å². The minimum Gasteiger partial charge on any atom is -0.275 e. The normalized spacial score (nSPS) is 11.6. The molecule has 2 heterocycles. The van der Waals surface area contributed by atoms with Crippen LogP contribution >= 0.6 is 15.9 Å². The fourth-order valence-corrected chi connectivity index (χ4v) is 3.47. The molecule has 0 bridgehead atoms. The summed E-state index contributed by atoms with van der Waals surface area (Å²) in [6.07, 6.45) is 6.99. The highest BCUT2D eigenvalue weighted by Gasteiger charge is 2.13. The summed E-state index contributed by atoms with van der Waals surface area (Å²) >= 11 is 3.29. The van der Waals surface area contributed by atoms with Gasteiger partial charge in [-0.1, -0.05) is 15.9 Å². The summed E-state index contributed by atoms with van der Waals surface area (Å²) in [6, 6.07) is 8.39. The van der Waals surface area contributed by atoms with Gasteiger partial charge in [-0.15, -0.1) is 0 Å². The number of nitrogens with one attached hydrogen (secondary N) is 1. The molecule has 0 radical (unpaired) electrons. The smallest absolute Gasteiger partial charge is 0.240 e. The predicted octanol–water partition coefficient (Wildman–Crippen LogP) is 2.72. The first-order chi connectivity index (χ1) is 11.4. The van der Waals surface area contributed by atoms with Gasteiger partial charge >= 0.3 is 0 Å². The largest absolute Gasteiger partial charge is 0.275 e. The van der Waals surface area contributed by atoms with Gasteiger partial charge in [0.05, 0.1) is 11.1 Å². The molecule has 0 aliphatic heterocycles. The van der Waals surface area contributed by atoms with Gasteiger partial charge in [0.2, 0.25) is 10.0 Å². The van der Waals surface area contributed by atoms with Gasteiger partial charge in [0.1, 0.15) is 0 Å². The second-order valence-electron chi connectivity index (χ2n) is 5.26. The van der Waals surface area contributed by atoms with Crippen LogP contribution in [0, 0.1) is 0 Å². The van der Waals surface area contributed by atoms with E-state index in [1.165, 1.54) is 0 Å². The quantitative estimate of drug-likeness (QED) is 0.706. The lowest BCUT2D eigenvalue weighted by Crippen LogP contribution is -2.23. The Morgan fingerprint density at radius 3 is 2.54 bits per heavy atom. The van der Waals surface area contributed by atoms with Crippen molar-refractivity contribution in [3.8, 4) is 11.1 Å². The number of nitrogens with zero attached hydrogens (tertiary/aromatic N) is 3. The first-order valence-corrected chi connectivity index (χ1v) is 9.40. The number of hydrogen-bond acceptors (Lipinski definition) is 4. The maximum Gasteiger partial charge on any atom is 0.240 e. The highest BCUT2D eigenvalue weighted by atomic mass is 79.9. The molecule has 0 saturated carbocycles. The van der Waals surface area contributed by atoms with Crippen LogP contribution in [0.2, 0.25) is 0 Å². The van der Waals surface area contributed by atoms with Gasteiger partial charge in [-0.25, -0.2) is 13.1 Å². The highest BCUT2D eigenvalue weighted by molar-refractivity contribution is 9.10. The summed E-state index contributed by atoms with van der Waals surface area (Å²) in [5, 5.41) is 4.13. The van der Waals surface area contributed by atoms with E-state index in [4.69, 9.17) is 0 Å². The molecule has 0 spiro atoms. The molecular formula is C16H15BrN4O2S. The van der Waals surface area contributed by atoms with Crippen LogP contribution in [0.5, 0.6) is 0 Å². The van der Waals surface area contributed by atoms with Gasteiger partial charge < -0.3 is 0 Å². The Bertz CT molecular complexity index is 952. The molecule has 0 aliphatic carbocycles. The second-order valence-corrected chi connectivity index (χ2v) is 7.95. The van der Waals surface area contributed by atoms with Crippen molar-refractivity contribution in [2.24, 2.45) is 7.05 Å². The second kappa shape index (κ2) is 6.84. The van der Waals surface area contributed by atoms with Crippen LogP contribution in [-0.4, -0.2) is 23.2 Å². The van der Waals surface area contributed by atoms with Crippen LogP contribution in [0.25, 0.3) is 11.1 Å². The molecule has 0 aliphatic rings. The third-order valence-electron chi connectivity index (χ3n) is 3.42. The lowest BCUT2D eigenvalue weighted by molar-refractivity contribution is 0.581. The Morgan fingerprint density at radius 1 is 1.12 bits per heavy atom. The maximum absolute atomic E-state index is 12.3. The fraction of sp³-hybridized carbons (Fsp3) is 0.125. The van der Waals surface area contributed by atoms with E-state index in [-0.39, 0.29) is 11.4 Å². The molecule has 8 heteroatoms. The average Bonchev–Trinajstić information content (AvgIpc) is 3.00. The third kappa shape index (κ3) is 3.89. The number of benzene rings is 1. The van der Waals surface area contributed by atoms with Gasteiger partial charge in [-0.05, 0) is 35.9 Å². The lowest BCUT2D eigenvalue weighted by Gasteiger charge is -2.08. The highest BCUT2D eigenvalue weighted by Crippen LogP contribution is 2.19. The standard InChI is InChI=1S/C16H15BrN4O2S/c1-21-11-14(10-19-21)13-6-12(7-18-9-13)8-20-24(22,23)16-4-2-15(17)3-5-16/h2-7,9-11,20H,8H2,1H3.